The van der Waals surface area contributed by atoms with E-state index in [4.69, 9.17) is 0 Å². The van der Waals surface area contributed by atoms with Gasteiger partial charge in [0, 0.05) is 17.6 Å². The molecular weight excluding hydrogens is 210 g/mol. The van der Waals surface area contributed by atoms with Crippen molar-refractivity contribution in [1.82, 2.24) is 0 Å². The van der Waals surface area contributed by atoms with Crippen LogP contribution in [0.25, 0.3) is 0 Å². The van der Waals surface area contributed by atoms with Crippen LogP contribution in [-0.4, -0.2) is 18.3 Å². The Morgan fingerprint density at radius 2 is 2.06 bits per heavy atom. The molecule has 0 saturated carbocycles. The fourth-order valence-electron chi connectivity index (χ4n) is 1.62. The van der Waals surface area contributed by atoms with E-state index in [9.17, 15) is 5.11 Å². The number of rotatable bonds is 6. The van der Waals surface area contributed by atoms with E-state index < -0.39 is 0 Å². The van der Waals surface area contributed by atoms with Crippen LogP contribution >= 0.6 is 0 Å². The third kappa shape index (κ3) is 4.04. The summed E-state index contributed by atoms with van der Waals surface area (Å²) >= 11 is 0. The predicted octanol–water partition coefficient (Wildman–Crippen LogP) is 3.63. The molecule has 2 N–H and O–H groups in total. The van der Waals surface area contributed by atoms with Crippen molar-refractivity contribution in [2.45, 2.75) is 40.0 Å². The van der Waals surface area contributed by atoms with Crippen molar-refractivity contribution in [1.29, 1.82) is 0 Å². The lowest BCUT2D eigenvalue weighted by Crippen LogP contribution is -2.29. The van der Waals surface area contributed by atoms with Crippen LogP contribution in [0.5, 0.6) is 0 Å². The second-order valence-electron chi connectivity index (χ2n) is 5.46. The van der Waals surface area contributed by atoms with Gasteiger partial charge in [0.2, 0.25) is 0 Å². The molecule has 0 radical (unpaired) electrons. The Labute approximate surface area is 105 Å². The lowest BCUT2D eigenvalue weighted by Gasteiger charge is -2.26. The molecule has 0 aliphatic carbocycles. The van der Waals surface area contributed by atoms with Gasteiger partial charge in [-0.05, 0) is 30.0 Å². The number of anilines is 1. The molecule has 0 aliphatic rings. The highest BCUT2D eigenvalue weighted by atomic mass is 16.3. The molecule has 0 saturated heterocycles. The Balaban J connectivity index is 2.66. The van der Waals surface area contributed by atoms with Crippen LogP contribution in [0.4, 0.5) is 5.69 Å². The number of hydrogen-bond acceptors (Lipinski definition) is 2. The maximum Gasteiger partial charge on any atom is 0.0501 e. The summed E-state index contributed by atoms with van der Waals surface area (Å²) in [5.74, 6) is 0.548. The highest BCUT2D eigenvalue weighted by Crippen LogP contribution is 2.23. The first-order chi connectivity index (χ1) is 8.00. The van der Waals surface area contributed by atoms with Gasteiger partial charge in [-0.3, -0.25) is 0 Å². The van der Waals surface area contributed by atoms with Crippen molar-refractivity contribution >= 4 is 5.69 Å². The zero-order valence-corrected chi connectivity index (χ0v) is 11.5. The average Bonchev–Trinajstić information content (AvgIpc) is 2.36. The van der Waals surface area contributed by atoms with Crippen LogP contribution in [0.2, 0.25) is 0 Å². The molecule has 0 aliphatic heterocycles. The van der Waals surface area contributed by atoms with Gasteiger partial charge in [0.1, 0.15) is 0 Å². The predicted molar refractivity (Wildman–Crippen MR) is 74.5 cm³/mol. The van der Waals surface area contributed by atoms with Crippen LogP contribution in [0.15, 0.2) is 24.3 Å². The molecule has 0 fully saturated rings. The second-order valence-corrected chi connectivity index (χ2v) is 5.46. The molecule has 1 aromatic rings. The molecule has 1 atom stereocenters. The molecule has 1 rings (SSSR count). The fraction of sp³-hybridized carbons (Fsp3) is 0.600. The first kappa shape index (κ1) is 14.0. The van der Waals surface area contributed by atoms with Crippen molar-refractivity contribution in [3.8, 4) is 0 Å². The Bertz CT molecular complexity index is 343. The number of aliphatic hydroxyl groups is 1. The van der Waals surface area contributed by atoms with Gasteiger partial charge < -0.3 is 10.4 Å². The molecule has 1 unspecified atom stereocenters. The number of aliphatic hydroxyl groups excluding tert-OH is 1. The maximum absolute atomic E-state index is 9.37. The van der Waals surface area contributed by atoms with Crippen molar-refractivity contribution in [3.63, 3.8) is 0 Å². The lowest BCUT2D eigenvalue weighted by atomic mass is 9.88. The molecule has 2 heteroatoms. The zero-order chi connectivity index (χ0) is 12.9. The summed E-state index contributed by atoms with van der Waals surface area (Å²) in [6.45, 7) is 9.64. The van der Waals surface area contributed by atoms with E-state index in [0.717, 1.165) is 18.7 Å². The van der Waals surface area contributed by atoms with Crippen LogP contribution in [0.1, 0.15) is 45.6 Å². The Kier molecular flexibility index (Phi) is 5.01. The summed E-state index contributed by atoms with van der Waals surface area (Å²) in [6.07, 6.45) is 0.973. The smallest absolute Gasteiger partial charge is 0.0501 e. The van der Waals surface area contributed by atoms with Crippen LogP contribution in [0, 0.1) is 5.41 Å². The van der Waals surface area contributed by atoms with E-state index in [2.05, 4.69) is 57.3 Å². The van der Waals surface area contributed by atoms with E-state index in [1.54, 1.807) is 0 Å². The molecule has 0 spiro atoms. The number of benzene rings is 1. The summed E-state index contributed by atoms with van der Waals surface area (Å²) < 4.78 is 0. The minimum atomic E-state index is -0.0339. The molecule has 2 nitrogen and oxygen atoms in total. The Hall–Kier alpha value is -1.02. The van der Waals surface area contributed by atoms with Crippen LogP contribution in [-0.2, 0) is 0 Å². The third-order valence-corrected chi connectivity index (χ3v) is 3.51. The summed E-state index contributed by atoms with van der Waals surface area (Å²) in [6, 6.07) is 8.51. The highest BCUT2D eigenvalue weighted by Gasteiger charge is 2.20. The molecule has 96 valence electrons. The monoisotopic (exact) mass is 235 g/mol. The number of hydrogen-bond donors (Lipinski definition) is 2. The maximum atomic E-state index is 9.37. The topological polar surface area (TPSA) is 32.3 Å². The first-order valence-electron chi connectivity index (χ1n) is 6.45. The van der Waals surface area contributed by atoms with Crippen LogP contribution in [0.3, 0.4) is 0 Å². The van der Waals surface area contributed by atoms with Crippen molar-refractivity contribution in [3.05, 3.63) is 29.8 Å². The Morgan fingerprint density at radius 3 is 2.59 bits per heavy atom. The van der Waals surface area contributed by atoms with Gasteiger partial charge in [-0.25, -0.2) is 0 Å². The standard InChI is InChI=1S/C15H25NO/c1-5-15(4,11-17)10-16-14-8-6-7-13(9-14)12(2)3/h6-9,12,16-17H,5,10-11H2,1-4H3. The van der Waals surface area contributed by atoms with Gasteiger partial charge in [-0.1, -0.05) is 39.8 Å². The molecule has 0 bridgehead atoms. The molecule has 0 aromatic heterocycles. The first-order valence-corrected chi connectivity index (χ1v) is 6.45. The summed E-state index contributed by atoms with van der Waals surface area (Å²) in [4.78, 5) is 0. The average molecular weight is 235 g/mol. The molecule has 17 heavy (non-hydrogen) atoms. The third-order valence-electron chi connectivity index (χ3n) is 3.51. The normalized spacial score (nSPS) is 14.7. The lowest BCUT2D eigenvalue weighted by molar-refractivity contribution is 0.149. The van der Waals surface area contributed by atoms with Crippen molar-refractivity contribution in [2.24, 2.45) is 5.41 Å². The van der Waals surface area contributed by atoms with E-state index in [1.165, 1.54) is 5.56 Å². The molecule has 1 aromatic carbocycles. The quantitative estimate of drug-likeness (QED) is 0.789. The number of nitrogens with one attached hydrogen (secondary N) is 1. The van der Waals surface area contributed by atoms with Gasteiger partial charge in [0.25, 0.3) is 0 Å². The SMILES string of the molecule is CCC(C)(CO)CNc1cccc(C(C)C)c1. The van der Waals surface area contributed by atoms with Gasteiger partial charge in [0.15, 0.2) is 0 Å². The van der Waals surface area contributed by atoms with E-state index in [0.29, 0.717) is 5.92 Å². The summed E-state index contributed by atoms with van der Waals surface area (Å²) in [5, 5.41) is 12.8. The van der Waals surface area contributed by atoms with Gasteiger partial charge in [-0.2, -0.15) is 0 Å². The van der Waals surface area contributed by atoms with E-state index in [1.807, 2.05) is 0 Å². The van der Waals surface area contributed by atoms with Gasteiger partial charge in [0.05, 0.1) is 6.61 Å². The highest BCUT2D eigenvalue weighted by molar-refractivity contribution is 5.46. The van der Waals surface area contributed by atoms with Gasteiger partial charge >= 0.3 is 0 Å². The minimum absolute atomic E-state index is 0.0339. The summed E-state index contributed by atoms with van der Waals surface area (Å²) in [5.41, 5.74) is 2.45. The minimum Gasteiger partial charge on any atom is -0.396 e. The second kappa shape index (κ2) is 6.06. The summed E-state index contributed by atoms with van der Waals surface area (Å²) in [7, 11) is 0. The van der Waals surface area contributed by atoms with Crippen molar-refractivity contribution in [2.75, 3.05) is 18.5 Å². The largest absolute Gasteiger partial charge is 0.396 e. The van der Waals surface area contributed by atoms with E-state index >= 15 is 0 Å². The Morgan fingerprint density at radius 1 is 1.35 bits per heavy atom. The fourth-order valence-corrected chi connectivity index (χ4v) is 1.62. The zero-order valence-electron chi connectivity index (χ0n) is 11.5. The van der Waals surface area contributed by atoms with E-state index in [-0.39, 0.29) is 12.0 Å². The van der Waals surface area contributed by atoms with Gasteiger partial charge in [-0.15, -0.1) is 0 Å². The molecule has 0 heterocycles. The van der Waals surface area contributed by atoms with Crippen molar-refractivity contribution < 1.29 is 5.11 Å². The molecule has 0 amide bonds. The molecular formula is C15H25NO. The van der Waals surface area contributed by atoms with Crippen LogP contribution < -0.4 is 5.32 Å².